The van der Waals surface area contributed by atoms with Crippen LogP contribution in [0, 0.1) is 11.8 Å². The number of aromatic nitrogens is 1. The number of benzene rings is 1. The molecule has 1 heterocycles. The van der Waals surface area contributed by atoms with Crippen LogP contribution in [-0.2, 0) is 9.59 Å². The highest BCUT2D eigenvalue weighted by Crippen LogP contribution is 2.28. The molecule has 6 heteroatoms. The van der Waals surface area contributed by atoms with Crippen LogP contribution in [0.15, 0.2) is 18.2 Å². The van der Waals surface area contributed by atoms with Crippen LogP contribution in [0.2, 0.25) is 0 Å². The lowest BCUT2D eigenvalue weighted by molar-refractivity contribution is -0.119. The molecule has 0 saturated heterocycles. The summed E-state index contributed by atoms with van der Waals surface area (Å²) in [6.45, 7) is 7.69. The third-order valence-corrected chi connectivity index (χ3v) is 3.97. The summed E-state index contributed by atoms with van der Waals surface area (Å²) in [5.74, 6) is 0.182. The Kier molecular flexibility index (Phi) is 5.13. The second-order valence-electron chi connectivity index (χ2n) is 5.99. The molecule has 0 bridgehead atoms. The zero-order valence-corrected chi connectivity index (χ0v) is 14.1. The summed E-state index contributed by atoms with van der Waals surface area (Å²) in [4.78, 5) is 27.9. The van der Waals surface area contributed by atoms with E-state index in [9.17, 15) is 9.59 Å². The van der Waals surface area contributed by atoms with Gasteiger partial charge in [-0.25, -0.2) is 4.98 Å². The zero-order chi connectivity index (χ0) is 16.3. The van der Waals surface area contributed by atoms with Gasteiger partial charge < -0.3 is 10.6 Å². The molecule has 0 aliphatic carbocycles. The van der Waals surface area contributed by atoms with Crippen LogP contribution in [0.3, 0.4) is 0 Å². The van der Waals surface area contributed by atoms with E-state index in [1.165, 1.54) is 11.3 Å². The average molecular weight is 319 g/mol. The highest BCUT2D eigenvalue weighted by Gasteiger charge is 2.12. The van der Waals surface area contributed by atoms with Gasteiger partial charge in [0, 0.05) is 18.0 Å². The Morgan fingerprint density at radius 3 is 2.55 bits per heavy atom. The molecule has 0 unspecified atom stereocenters. The van der Waals surface area contributed by atoms with E-state index >= 15 is 0 Å². The van der Waals surface area contributed by atoms with Crippen molar-refractivity contribution in [3.8, 4) is 0 Å². The number of hydrogen-bond acceptors (Lipinski definition) is 4. The molecular weight excluding hydrogens is 298 g/mol. The Balaban J connectivity index is 2.13. The normalized spacial score (nSPS) is 11.2. The van der Waals surface area contributed by atoms with Gasteiger partial charge in [0.25, 0.3) is 0 Å². The Bertz CT molecular complexity index is 692. The minimum absolute atomic E-state index is 0.00193. The molecule has 22 heavy (non-hydrogen) atoms. The lowest BCUT2D eigenvalue weighted by Gasteiger charge is -2.06. The van der Waals surface area contributed by atoms with Gasteiger partial charge in [0.1, 0.15) is 0 Å². The number of thiazole rings is 1. The number of rotatable bonds is 5. The quantitative estimate of drug-likeness (QED) is 0.878. The summed E-state index contributed by atoms with van der Waals surface area (Å²) in [7, 11) is 0. The predicted octanol–water partition coefficient (Wildman–Crippen LogP) is 3.88. The maximum atomic E-state index is 11.8. The van der Waals surface area contributed by atoms with Gasteiger partial charge in [-0.15, -0.1) is 0 Å². The molecule has 2 N–H and O–H groups in total. The molecule has 0 radical (unpaired) electrons. The maximum Gasteiger partial charge on any atom is 0.228 e. The van der Waals surface area contributed by atoms with Gasteiger partial charge in [-0.05, 0) is 24.1 Å². The van der Waals surface area contributed by atoms with Crippen molar-refractivity contribution >= 4 is 44.2 Å². The molecule has 5 nitrogen and oxygen atoms in total. The summed E-state index contributed by atoms with van der Waals surface area (Å²) < 4.78 is 0.973. The van der Waals surface area contributed by atoms with Crippen molar-refractivity contribution in [1.82, 2.24) is 4.98 Å². The van der Waals surface area contributed by atoms with Crippen molar-refractivity contribution in [2.45, 2.75) is 34.1 Å². The highest BCUT2D eigenvalue weighted by atomic mass is 32.1. The zero-order valence-electron chi connectivity index (χ0n) is 13.3. The van der Waals surface area contributed by atoms with Crippen LogP contribution in [0.25, 0.3) is 10.2 Å². The Morgan fingerprint density at radius 1 is 1.18 bits per heavy atom. The molecule has 2 aromatic rings. The summed E-state index contributed by atoms with van der Waals surface area (Å²) >= 11 is 1.43. The summed E-state index contributed by atoms with van der Waals surface area (Å²) in [6, 6.07) is 5.59. The molecule has 0 aliphatic heterocycles. The van der Waals surface area contributed by atoms with Crippen LogP contribution < -0.4 is 10.6 Å². The monoisotopic (exact) mass is 319 g/mol. The van der Waals surface area contributed by atoms with Crippen LogP contribution in [-0.4, -0.2) is 16.8 Å². The topological polar surface area (TPSA) is 71.1 Å². The summed E-state index contributed by atoms with van der Waals surface area (Å²) in [6.07, 6.45) is 0.491. The van der Waals surface area contributed by atoms with Crippen LogP contribution in [0.4, 0.5) is 10.8 Å². The molecule has 118 valence electrons. The fourth-order valence-corrected chi connectivity index (χ4v) is 2.74. The molecule has 0 saturated carbocycles. The average Bonchev–Trinajstić information content (AvgIpc) is 2.78. The number of amides is 2. The van der Waals surface area contributed by atoms with Crippen molar-refractivity contribution in [1.29, 1.82) is 0 Å². The number of anilines is 2. The molecule has 0 atom stereocenters. The molecule has 2 rings (SSSR count). The van der Waals surface area contributed by atoms with Crippen LogP contribution >= 0.6 is 11.3 Å². The van der Waals surface area contributed by atoms with E-state index in [1.54, 1.807) is 0 Å². The van der Waals surface area contributed by atoms with Gasteiger partial charge in [-0.1, -0.05) is 39.0 Å². The van der Waals surface area contributed by atoms with E-state index in [4.69, 9.17) is 0 Å². The first-order valence-electron chi connectivity index (χ1n) is 7.36. The molecule has 1 aromatic carbocycles. The number of fused-ring (bicyclic) bond motifs is 1. The molecule has 1 aromatic heterocycles. The molecular formula is C16H21N3O2S. The lowest BCUT2D eigenvalue weighted by atomic mass is 10.1. The third-order valence-electron chi connectivity index (χ3n) is 3.02. The van der Waals surface area contributed by atoms with Gasteiger partial charge in [-0.3, -0.25) is 9.59 Å². The number of nitrogens with zero attached hydrogens (tertiary/aromatic N) is 1. The minimum Gasteiger partial charge on any atom is -0.326 e. The van der Waals surface area contributed by atoms with Gasteiger partial charge in [-0.2, -0.15) is 0 Å². The van der Waals surface area contributed by atoms with Crippen LogP contribution in [0.5, 0.6) is 0 Å². The van der Waals surface area contributed by atoms with Crippen molar-refractivity contribution in [2.24, 2.45) is 11.8 Å². The number of carbonyl (C=O) groups is 2. The van der Waals surface area contributed by atoms with Gasteiger partial charge >= 0.3 is 0 Å². The van der Waals surface area contributed by atoms with E-state index < -0.39 is 0 Å². The number of nitrogens with one attached hydrogen (secondary N) is 2. The van der Waals surface area contributed by atoms with E-state index in [0.29, 0.717) is 17.5 Å². The summed E-state index contributed by atoms with van der Waals surface area (Å²) in [5.41, 5.74) is 1.50. The smallest absolute Gasteiger partial charge is 0.228 e. The standard InChI is InChI=1S/C16H21N3O2S/c1-9(2)7-14(20)17-11-5-6-13-12(8-11)18-16(22-13)19-15(21)10(3)4/h5-6,8-10H,7H2,1-4H3,(H,17,20)(H,18,19,21). The first-order chi connectivity index (χ1) is 10.3. The Labute approximate surface area is 134 Å². The summed E-state index contributed by atoms with van der Waals surface area (Å²) in [5, 5.41) is 6.25. The highest BCUT2D eigenvalue weighted by molar-refractivity contribution is 7.22. The number of hydrogen-bond donors (Lipinski definition) is 2. The SMILES string of the molecule is CC(C)CC(=O)Nc1ccc2sc(NC(=O)C(C)C)nc2c1. The van der Waals surface area contributed by atoms with Crippen molar-refractivity contribution in [2.75, 3.05) is 10.6 Å². The van der Waals surface area contributed by atoms with Crippen LogP contribution in [0.1, 0.15) is 34.1 Å². The van der Waals surface area contributed by atoms with E-state index in [1.807, 2.05) is 45.9 Å². The molecule has 0 spiro atoms. The molecule has 0 fully saturated rings. The fourth-order valence-electron chi connectivity index (χ4n) is 1.89. The second kappa shape index (κ2) is 6.87. The van der Waals surface area contributed by atoms with Gasteiger partial charge in [0.15, 0.2) is 5.13 Å². The van der Waals surface area contributed by atoms with Gasteiger partial charge in [0.2, 0.25) is 11.8 Å². The fraction of sp³-hybridized carbons (Fsp3) is 0.438. The minimum atomic E-state index is -0.0853. The van der Waals surface area contributed by atoms with E-state index in [2.05, 4.69) is 15.6 Å². The third kappa shape index (κ3) is 4.27. The predicted molar refractivity (Wildman–Crippen MR) is 91.2 cm³/mol. The van der Waals surface area contributed by atoms with Crippen molar-refractivity contribution in [3.63, 3.8) is 0 Å². The first-order valence-corrected chi connectivity index (χ1v) is 8.18. The van der Waals surface area contributed by atoms with Crippen molar-refractivity contribution < 1.29 is 9.59 Å². The first kappa shape index (κ1) is 16.4. The molecule has 2 amide bonds. The maximum absolute atomic E-state index is 11.8. The number of carbonyl (C=O) groups excluding carboxylic acids is 2. The molecule has 0 aliphatic rings. The Morgan fingerprint density at radius 2 is 1.91 bits per heavy atom. The second-order valence-corrected chi connectivity index (χ2v) is 7.02. The van der Waals surface area contributed by atoms with Crippen molar-refractivity contribution in [3.05, 3.63) is 18.2 Å². The lowest BCUT2D eigenvalue weighted by Crippen LogP contribution is -2.17. The largest absolute Gasteiger partial charge is 0.326 e. The van der Waals surface area contributed by atoms with E-state index in [0.717, 1.165) is 15.9 Å². The van der Waals surface area contributed by atoms with E-state index in [-0.39, 0.29) is 17.7 Å². The Hall–Kier alpha value is -1.95. The van der Waals surface area contributed by atoms with Gasteiger partial charge in [0.05, 0.1) is 10.2 Å².